The van der Waals surface area contributed by atoms with E-state index in [2.05, 4.69) is 17.2 Å². The number of nitrogens with zero attached hydrogens (tertiary/aromatic N) is 1. The number of aromatic hydroxyl groups is 1. The predicted molar refractivity (Wildman–Crippen MR) is 83.1 cm³/mol. The van der Waals surface area contributed by atoms with Crippen LogP contribution in [-0.2, 0) is 6.42 Å². The lowest BCUT2D eigenvalue weighted by Crippen LogP contribution is -2.24. The van der Waals surface area contributed by atoms with Gasteiger partial charge in [-0.05, 0) is 44.4 Å². The monoisotopic (exact) mass is 306 g/mol. The molecule has 0 bridgehead atoms. The largest absolute Gasteiger partial charge is 0.508 e. The van der Waals surface area contributed by atoms with Gasteiger partial charge in [0.1, 0.15) is 16.6 Å². The van der Waals surface area contributed by atoms with Crippen LogP contribution in [0.5, 0.6) is 5.75 Å². The fourth-order valence-corrected chi connectivity index (χ4v) is 3.96. The summed E-state index contributed by atoms with van der Waals surface area (Å²) in [5.74, 6) is -0.488. The molecule has 1 aliphatic rings. The first kappa shape index (κ1) is 14.5. The minimum Gasteiger partial charge on any atom is -0.508 e. The standard InChI is InChI=1S/C16H19FN2OS/c1-2-6-18-13-4-3-5-14-15(13)21-16(19-14)10-7-11(17)9-12(20)8-10/h7-9,13,18,20H,2-6H2,1H3. The first-order valence-electron chi connectivity index (χ1n) is 7.40. The number of fused-ring (bicyclic) bond motifs is 1. The molecule has 0 amide bonds. The van der Waals surface area contributed by atoms with Crippen LogP contribution in [0.15, 0.2) is 18.2 Å². The van der Waals surface area contributed by atoms with E-state index in [1.807, 2.05) is 0 Å². The smallest absolute Gasteiger partial charge is 0.127 e. The van der Waals surface area contributed by atoms with E-state index in [0.29, 0.717) is 11.6 Å². The Morgan fingerprint density at radius 3 is 3.05 bits per heavy atom. The molecule has 3 rings (SSSR count). The third-order valence-electron chi connectivity index (χ3n) is 3.72. The topological polar surface area (TPSA) is 45.2 Å². The summed E-state index contributed by atoms with van der Waals surface area (Å²) < 4.78 is 13.4. The van der Waals surface area contributed by atoms with Crippen LogP contribution < -0.4 is 5.32 Å². The second-order valence-electron chi connectivity index (χ2n) is 5.43. The van der Waals surface area contributed by atoms with Gasteiger partial charge < -0.3 is 10.4 Å². The van der Waals surface area contributed by atoms with Gasteiger partial charge in [0.15, 0.2) is 0 Å². The zero-order chi connectivity index (χ0) is 14.8. The third-order valence-corrected chi connectivity index (χ3v) is 4.98. The molecule has 1 unspecified atom stereocenters. The predicted octanol–water partition coefficient (Wildman–Crippen LogP) is 4.03. The second-order valence-corrected chi connectivity index (χ2v) is 6.46. The summed E-state index contributed by atoms with van der Waals surface area (Å²) >= 11 is 1.61. The maximum absolute atomic E-state index is 13.4. The Labute approximate surface area is 127 Å². The third kappa shape index (κ3) is 3.09. The molecule has 1 heterocycles. The van der Waals surface area contributed by atoms with E-state index in [-0.39, 0.29) is 5.75 Å². The maximum Gasteiger partial charge on any atom is 0.127 e. The number of benzene rings is 1. The summed E-state index contributed by atoms with van der Waals surface area (Å²) in [5, 5.41) is 13.9. The van der Waals surface area contributed by atoms with Crippen LogP contribution in [-0.4, -0.2) is 16.6 Å². The zero-order valence-electron chi connectivity index (χ0n) is 12.0. The van der Waals surface area contributed by atoms with Gasteiger partial charge in [0, 0.05) is 22.5 Å². The van der Waals surface area contributed by atoms with Gasteiger partial charge in [0.2, 0.25) is 0 Å². The van der Waals surface area contributed by atoms with Gasteiger partial charge in [-0.1, -0.05) is 6.92 Å². The number of rotatable bonds is 4. The van der Waals surface area contributed by atoms with Crippen molar-refractivity contribution in [2.45, 2.75) is 38.6 Å². The first-order valence-corrected chi connectivity index (χ1v) is 8.22. The fourth-order valence-electron chi connectivity index (χ4n) is 2.75. The molecule has 3 nitrogen and oxygen atoms in total. The van der Waals surface area contributed by atoms with E-state index >= 15 is 0 Å². The van der Waals surface area contributed by atoms with E-state index in [1.54, 1.807) is 17.4 Å². The Bertz CT molecular complexity index is 621. The molecule has 1 aromatic carbocycles. The van der Waals surface area contributed by atoms with Crippen molar-refractivity contribution in [3.8, 4) is 16.3 Å². The van der Waals surface area contributed by atoms with Gasteiger partial charge in [-0.3, -0.25) is 0 Å². The summed E-state index contributed by atoms with van der Waals surface area (Å²) in [6.07, 6.45) is 4.35. The van der Waals surface area contributed by atoms with Crippen LogP contribution in [0.1, 0.15) is 42.8 Å². The highest BCUT2D eigenvalue weighted by atomic mass is 32.1. The van der Waals surface area contributed by atoms with Crippen LogP contribution in [0.4, 0.5) is 4.39 Å². The van der Waals surface area contributed by atoms with Gasteiger partial charge in [0.25, 0.3) is 0 Å². The summed E-state index contributed by atoms with van der Waals surface area (Å²) in [6.45, 7) is 3.16. The van der Waals surface area contributed by atoms with E-state index in [4.69, 9.17) is 0 Å². The average molecular weight is 306 g/mol. The highest BCUT2D eigenvalue weighted by Gasteiger charge is 2.24. The summed E-state index contributed by atoms with van der Waals surface area (Å²) in [4.78, 5) is 5.93. The minimum atomic E-state index is -0.432. The van der Waals surface area contributed by atoms with Crippen molar-refractivity contribution in [3.05, 3.63) is 34.6 Å². The highest BCUT2D eigenvalue weighted by Crippen LogP contribution is 2.38. The lowest BCUT2D eigenvalue weighted by molar-refractivity contribution is 0.464. The Morgan fingerprint density at radius 2 is 2.29 bits per heavy atom. The molecule has 0 radical (unpaired) electrons. The molecule has 0 aliphatic heterocycles. The zero-order valence-corrected chi connectivity index (χ0v) is 12.8. The molecule has 2 aromatic rings. The molecule has 5 heteroatoms. The molecule has 1 atom stereocenters. The molecule has 0 saturated carbocycles. The van der Waals surface area contributed by atoms with E-state index in [0.717, 1.165) is 49.0 Å². The lowest BCUT2D eigenvalue weighted by Gasteiger charge is -2.22. The van der Waals surface area contributed by atoms with Crippen molar-refractivity contribution in [2.75, 3.05) is 6.54 Å². The molecular weight excluding hydrogens is 287 g/mol. The Morgan fingerprint density at radius 1 is 1.43 bits per heavy atom. The number of phenolic OH excluding ortho intramolecular Hbond substituents is 1. The number of aryl methyl sites for hydroxylation is 1. The van der Waals surface area contributed by atoms with Crippen LogP contribution >= 0.6 is 11.3 Å². The lowest BCUT2D eigenvalue weighted by atomic mass is 9.98. The van der Waals surface area contributed by atoms with E-state index in [1.165, 1.54) is 10.9 Å². The average Bonchev–Trinajstić information content (AvgIpc) is 2.88. The van der Waals surface area contributed by atoms with Crippen LogP contribution in [0.2, 0.25) is 0 Å². The Kier molecular flexibility index (Phi) is 4.22. The molecule has 112 valence electrons. The van der Waals surface area contributed by atoms with E-state index in [9.17, 15) is 9.50 Å². The van der Waals surface area contributed by atoms with Crippen molar-refractivity contribution in [2.24, 2.45) is 0 Å². The number of halogens is 1. The Balaban J connectivity index is 1.93. The number of thiazole rings is 1. The molecule has 0 spiro atoms. The molecule has 21 heavy (non-hydrogen) atoms. The number of phenols is 1. The number of nitrogens with one attached hydrogen (secondary N) is 1. The van der Waals surface area contributed by atoms with Crippen LogP contribution in [0.25, 0.3) is 10.6 Å². The van der Waals surface area contributed by atoms with Crippen LogP contribution in [0.3, 0.4) is 0 Å². The van der Waals surface area contributed by atoms with Gasteiger partial charge in [-0.15, -0.1) is 11.3 Å². The van der Waals surface area contributed by atoms with Crippen molar-refractivity contribution < 1.29 is 9.50 Å². The quantitative estimate of drug-likeness (QED) is 0.896. The Hall–Kier alpha value is -1.46. The van der Waals surface area contributed by atoms with Crippen molar-refractivity contribution in [1.29, 1.82) is 0 Å². The van der Waals surface area contributed by atoms with Crippen molar-refractivity contribution in [3.63, 3.8) is 0 Å². The number of aromatic nitrogens is 1. The molecule has 2 N–H and O–H groups in total. The summed E-state index contributed by atoms with van der Waals surface area (Å²) in [7, 11) is 0. The maximum atomic E-state index is 13.4. The molecule has 1 aromatic heterocycles. The second kappa shape index (κ2) is 6.12. The SMILES string of the molecule is CCCNC1CCCc2nc(-c3cc(O)cc(F)c3)sc21. The highest BCUT2D eigenvalue weighted by molar-refractivity contribution is 7.15. The summed E-state index contributed by atoms with van der Waals surface area (Å²) in [5.41, 5.74) is 1.78. The van der Waals surface area contributed by atoms with Crippen molar-refractivity contribution >= 4 is 11.3 Å². The van der Waals surface area contributed by atoms with Gasteiger partial charge in [-0.25, -0.2) is 9.37 Å². The van der Waals surface area contributed by atoms with Crippen molar-refractivity contribution in [1.82, 2.24) is 10.3 Å². The minimum absolute atomic E-state index is 0.0566. The number of hydrogen-bond acceptors (Lipinski definition) is 4. The van der Waals surface area contributed by atoms with Crippen LogP contribution in [0, 0.1) is 5.82 Å². The molecule has 0 saturated heterocycles. The normalized spacial score (nSPS) is 17.7. The van der Waals surface area contributed by atoms with Gasteiger partial charge >= 0.3 is 0 Å². The van der Waals surface area contributed by atoms with Gasteiger partial charge in [-0.2, -0.15) is 0 Å². The molecule has 0 fully saturated rings. The molecular formula is C16H19FN2OS. The fraction of sp³-hybridized carbons (Fsp3) is 0.438. The van der Waals surface area contributed by atoms with Gasteiger partial charge in [0.05, 0.1) is 5.69 Å². The first-order chi connectivity index (χ1) is 10.2. The molecule has 1 aliphatic carbocycles. The number of hydrogen-bond donors (Lipinski definition) is 2. The van der Waals surface area contributed by atoms with E-state index < -0.39 is 5.82 Å². The summed E-state index contributed by atoms with van der Waals surface area (Å²) in [6, 6.07) is 4.48.